The van der Waals surface area contributed by atoms with E-state index in [1.807, 2.05) is 6.92 Å². The fourth-order valence-corrected chi connectivity index (χ4v) is 2.80. The number of carbonyl (C=O) groups excluding carboxylic acids is 1. The third-order valence-corrected chi connectivity index (χ3v) is 4.04. The lowest BCUT2D eigenvalue weighted by atomic mass is 9.90. The van der Waals surface area contributed by atoms with Gasteiger partial charge in [-0.15, -0.1) is 0 Å². The maximum absolute atomic E-state index is 12.5. The van der Waals surface area contributed by atoms with Gasteiger partial charge < -0.3 is 4.98 Å². The van der Waals surface area contributed by atoms with Crippen molar-refractivity contribution in [2.45, 2.75) is 45.1 Å². The van der Waals surface area contributed by atoms with Gasteiger partial charge in [0, 0.05) is 11.7 Å². The zero-order chi connectivity index (χ0) is 13.6. The fraction of sp³-hybridized carbons (Fsp3) is 0.500. The van der Waals surface area contributed by atoms with Crippen molar-refractivity contribution in [3.05, 3.63) is 38.2 Å². The molecule has 0 amide bonds. The first-order valence-corrected chi connectivity index (χ1v) is 6.73. The lowest BCUT2D eigenvalue weighted by Crippen LogP contribution is -2.43. The van der Waals surface area contributed by atoms with Crippen LogP contribution < -0.4 is 11.2 Å². The highest BCUT2D eigenvalue weighted by Gasteiger charge is 2.28. The number of aromatic nitrogens is 2. The van der Waals surface area contributed by atoms with Crippen LogP contribution in [0.25, 0.3) is 5.57 Å². The zero-order valence-corrected chi connectivity index (χ0v) is 10.9. The standard InChI is InChI=1S/C14H16N2O3/c1-2-8-6-10(17)7-11-12(8)13(18)16(14(19)15-11)9-4-3-5-9/h6,9H,2-5,7H2,1H3,(H,15,19). The van der Waals surface area contributed by atoms with Gasteiger partial charge in [0.25, 0.3) is 5.56 Å². The van der Waals surface area contributed by atoms with Crippen molar-refractivity contribution in [3.8, 4) is 0 Å². The molecule has 5 heteroatoms. The van der Waals surface area contributed by atoms with Gasteiger partial charge in [0.2, 0.25) is 0 Å². The SMILES string of the molecule is CCC1=CC(=O)Cc2[nH]c(=O)n(C3CCC3)c(=O)c21. The Bertz CT molecular complexity index is 690. The second-order valence-corrected chi connectivity index (χ2v) is 5.21. The largest absolute Gasteiger partial charge is 0.328 e. The van der Waals surface area contributed by atoms with Crippen molar-refractivity contribution in [2.24, 2.45) is 0 Å². The van der Waals surface area contributed by atoms with Gasteiger partial charge in [0.05, 0.1) is 12.0 Å². The molecule has 0 unspecified atom stereocenters. The van der Waals surface area contributed by atoms with Gasteiger partial charge in [0.1, 0.15) is 0 Å². The molecule has 1 N–H and O–H groups in total. The van der Waals surface area contributed by atoms with Crippen LogP contribution >= 0.6 is 0 Å². The smallest absolute Gasteiger partial charge is 0.310 e. The maximum Gasteiger partial charge on any atom is 0.328 e. The molecule has 0 saturated heterocycles. The maximum atomic E-state index is 12.5. The molecular formula is C14H16N2O3. The van der Waals surface area contributed by atoms with E-state index in [1.165, 1.54) is 10.6 Å². The molecule has 0 bridgehead atoms. The second-order valence-electron chi connectivity index (χ2n) is 5.21. The van der Waals surface area contributed by atoms with Crippen molar-refractivity contribution in [1.82, 2.24) is 9.55 Å². The lowest BCUT2D eigenvalue weighted by molar-refractivity contribution is -0.114. The third kappa shape index (κ3) is 1.80. The molecule has 2 aliphatic rings. The number of aromatic amines is 1. The van der Waals surface area contributed by atoms with Gasteiger partial charge in [-0.2, -0.15) is 0 Å². The van der Waals surface area contributed by atoms with E-state index in [0.29, 0.717) is 17.7 Å². The Labute approximate surface area is 110 Å². The number of ketones is 1. The molecule has 0 spiro atoms. The lowest BCUT2D eigenvalue weighted by Gasteiger charge is -2.28. The molecule has 2 aliphatic carbocycles. The molecule has 0 aliphatic heterocycles. The van der Waals surface area contributed by atoms with E-state index in [9.17, 15) is 14.4 Å². The fourth-order valence-electron chi connectivity index (χ4n) is 2.80. The second kappa shape index (κ2) is 4.33. The minimum atomic E-state index is -0.376. The van der Waals surface area contributed by atoms with E-state index < -0.39 is 0 Å². The van der Waals surface area contributed by atoms with E-state index in [0.717, 1.165) is 24.8 Å². The number of hydrogen-bond acceptors (Lipinski definition) is 3. The summed E-state index contributed by atoms with van der Waals surface area (Å²) in [6.45, 7) is 1.91. The van der Waals surface area contributed by atoms with Crippen LogP contribution in [0.3, 0.4) is 0 Å². The number of hydrogen-bond donors (Lipinski definition) is 1. The monoisotopic (exact) mass is 260 g/mol. The average molecular weight is 260 g/mol. The van der Waals surface area contributed by atoms with Crippen molar-refractivity contribution in [3.63, 3.8) is 0 Å². The summed E-state index contributed by atoms with van der Waals surface area (Å²) in [7, 11) is 0. The van der Waals surface area contributed by atoms with Crippen LogP contribution in [0.5, 0.6) is 0 Å². The molecule has 0 atom stereocenters. The molecule has 1 aromatic rings. The topological polar surface area (TPSA) is 71.9 Å². The molecule has 0 radical (unpaired) electrons. The number of nitrogens with one attached hydrogen (secondary N) is 1. The molecule has 1 heterocycles. The number of rotatable bonds is 2. The van der Waals surface area contributed by atoms with E-state index in [1.54, 1.807) is 0 Å². The van der Waals surface area contributed by atoms with Crippen LogP contribution in [-0.2, 0) is 11.2 Å². The van der Waals surface area contributed by atoms with Gasteiger partial charge in [0.15, 0.2) is 5.78 Å². The third-order valence-electron chi connectivity index (χ3n) is 4.04. The summed E-state index contributed by atoms with van der Waals surface area (Å²) in [6.07, 6.45) is 5.09. The molecule has 100 valence electrons. The Kier molecular flexibility index (Phi) is 2.77. The summed E-state index contributed by atoms with van der Waals surface area (Å²) >= 11 is 0. The zero-order valence-electron chi connectivity index (χ0n) is 10.9. The van der Waals surface area contributed by atoms with E-state index in [-0.39, 0.29) is 29.5 Å². The predicted molar refractivity (Wildman–Crippen MR) is 71.2 cm³/mol. The van der Waals surface area contributed by atoms with Gasteiger partial charge in [-0.25, -0.2) is 4.79 Å². The first-order chi connectivity index (χ1) is 9.11. The Balaban J connectivity index is 2.25. The summed E-state index contributed by atoms with van der Waals surface area (Å²) in [5, 5.41) is 0. The Morgan fingerprint density at radius 1 is 1.32 bits per heavy atom. The minimum Gasteiger partial charge on any atom is -0.310 e. The number of nitrogens with zero attached hydrogens (tertiary/aromatic N) is 1. The number of fused-ring (bicyclic) bond motifs is 1. The summed E-state index contributed by atoms with van der Waals surface area (Å²) in [6, 6.07) is 0.0253. The van der Waals surface area contributed by atoms with E-state index >= 15 is 0 Å². The van der Waals surface area contributed by atoms with Crippen LogP contribution in [0.2, 0.25) is 0 Å². The highest BCUT2D eigenvalue weighted by molar-refractivity contribution is 6.01. The molecule has 1 saturated carbocycles. The Morgan fingerprint density at radius 3 is 2.63 bits per heavy atom. The average Bonchev–Trinajstić information content (AvgIpc) is 2.30. The highest BCUT2D eigenvalue weighted by atomic mass is 16.2. The van der Waals surface area contributed by atoms with Crippen LogP contribution in [0.15, 0.2) is 15.7 Å². The summed E-state index contributed by atoms with van der Waals surface area (Å²) in [5.74, 6) is -0.0548. The highest BCUT2D eigenvalue weighted by Crippen LogP contribution is 2.30. The number of H-pyrrole nitrogens is 1. The molecule has 3 rings (SSSR count). The first kappa shape index (κ1) is 12.1. The molecule has 0 aromatic carbocycles. The molecule has 1 aromatic heterocycles. The number of allylic oxidation sites excluding steroid dienone is 2. The van der Waals surface area contributed by atoms with Crippen LogP contribution in [0.1, 0.15) is 49.9 Å². The Morgan fingerprint density at radius 2 is 2.05 bits per heavy atom. The molecule has 19 heavy (non-hydrogen) atoms. The molecule has 5 nitrogen and oxygen atoms in total. The van der Waals surface area contributed by atoms with E-state index in [2.05, 4.69) is 4.98 Å². The molecule has 1 fully saturated rings. The quantitative estimate of drug-likeness (QED) is 0.867. The van der Waals surface area contributed by atoms with Crippen LogP contribution in [0, 0.1) is 0 Å². The molecular weight excluding hydrogens is 244 g/mol. The van der Waals surface area contributed by atoms with Crippen LogP contribution in [0.4, 0.5) is 0 Å². The van der Waals surface area contributed by atoms with E-state index in [4.69, 9.17) is 0 Å². The summed E-state index contributed by atoms with van der Waals surface area (Å²) in [4.78, 5) is 38.9. The van der Waals surface area contributed by atoms with Crippen molar-refractivity contribution in [2.75, 3.05) is 0 Å². The predicted octanol–water partition coefficient (Wildman–Crippen LogP) is 1.18. The minimum absolute atomic E-state index is 0.0253. The van der Waals surface area contributed by atoms with Crippen molar-refractivity contribution in [1.29, 1.82) is 0 Å². The van der Waals surface area contributed by atoms with Gasteiger partial charge in [-0.1, -0.05) is 6.92 Å². The van der Waals surface area contributed by atoms with Gasteiger partial charge in [-0.05, 0) is 37.3 Å². The van der Waals surface area contributed by atoms with Crippen molar-refractivity contribution >= 4 is 11.4 Å². The van der Waals surface area contributed by atoms with Crippen LogP contribution in [-0.4, -0.2) is 15.3 Å². The summed E-state index contributed by atoms with van der Waals surface area (Å²) < 4.78 is 1.33. The first-order valence-electron chi connectivity index (χ1n) is 6.73. The van der Waals surface area contributed by atoms with Gasteiger partial charge >= 0.3 is 5.69 Å². The summed E-state index contributed by atoms with van der Waals surface area (Å²) in [5.41, 5.74) is 1.15. The van der Waals surface area contributed by atoms with Gasteiger partial charge in [-0.3, -0.25) is 14.2 Å². The normalized spacial score (nSPS) is 18.8. The van der Waals surface area contributed by atoms with Crippen molar-refractivity contribution < 1.29 is 4.79 Å². The Hall–Kier alpha value is -1.91. The number of carbonyl (C=O) groups is 1.